The molecule has 138 valence electrons. The highest BCUT2D eigenvalue weighted by Gasteiger charge is 2.49. The summed E-state index contributed by atoms with van der Waals surface area (Å²) in [6.45, 7) is 2.58. The average Bonchev–Trinajstić information content (AvgIpc) is 3.39. The molecule has 2 saturated heterocycles. The number of anilines is 1. The van der Waals surface area contributed by atoms with E-state index in [9.17, 15) is 4.79 Å². The van der Waals surface area contributed by atoms with Crippen molar-refractivity contribution in [2.45, 2.75) is 44.6 Å². The molecule has 3 fully saturated rings. The van der Waals surface area contributed by atoms with Gasteiger partial charge < -0.3 is 20.4 Å². The average molecular weight is 354 g/mol. The first-order valence-electron chi connectivity index (χ1n) is 9.88. The van der Waals surface area contributed by atoms with Crippen molar-refractivity contribution < 1.29 is 9.53 Å². The molecule has 1 aromatic carbocycles. The van der Waals surface area contributed by atoms with E-state index in [-0.39, 0.29) is 17.4 Å². The number of fused-ring (bicyclic) bond motifs is 2. The maximum absolute atomic E-state index is 13.1. The number of H-pyrrole nitrogens is 1. The van der Waals surface area contributed by atoms with E-state index in [4.69, 9.17) is 4.74 Å². The van der Waals surface area contributed by atoms with E-state index >= 15 is 0 Å². The molecule has 0 bridgehead atoms. The molecule has 6 heteroatoms. The number of nitrogens with zero attached hydrogens (tertiary/aromatic N) is 1. The maximum Gasteiger partial charge on any atom is 0.232 e. The van der Waals surface area contributed by atoms with Crippen LogP contribution in [0.25, 0.3) is 11.0 Å². The first-order valence-corrected chi connectivity index (χ1v) is 9.88. The third-order valence-electron chi connectivity index (χ3n) is 6.48. The van der Waals surface area contributed by atoms with Crippen molar-refractivity contribution in [1.82, 2.24) is 15.3 Å². The van der Waals surface area contributed by atoms with Crippen LogP contribution in [-0.4, -0.2) is 35.6 Å². The minimum absolute atomic E-state index is 0.0758. The summed E-state index contributed by atoms with van der Waals surface area (Å²) in [5.74, 6) is 1.54. The van der Waals surface area contributed by atoms with Gasteiger partial charge in [-0.15, -0.1) is 0 Å². The largest absolute Gasteiger partial charge is 0.370 e. The van der Waals surface area contributed by atoms with Gasteiger partial charge in [0, 0.05) is 18.8 Å². The lowest BCUT2D eigenvalue weighted by Crippen LogP contribution is -2.44. The summed E-state index contributed by atoms with van der Waals surface area (Å²) in [5, 5.41) is 6.63. The minimum Gasteiger partial charge on any atom is -0.370 e. The zero-order valence-electron chi connectivity index (χ0n) is 15.0. The molecule has 2 aromatic rings. The van der Waals surface area contributed by atoms with Gasteiger partial charge in [-0.05, 0) is 56.3 Å². The van der Waals surface area contributed by atoms with Crippen molar-refractivity contribution in [3.05, 3.63) is 24.0 Å². The minimum atomic E-state index is -0.232. The molecule has 1 aliphatic carbocycles. The van der Waals surface area contributed by atoms with Crippen LogP contribution in [0.2, 0.25) is 0 Å². The molecule has 6 nitrogen and oxygen atoms in total. The smallest absolute Gasteiger partial charge is 0.232 e. The third-order valence-corrected chi connectivity index (χ3v) is 6.48. The van der Waals surface area contributed by atoms with Crippen molar-refractivity contribution in [1.29, 1.82) is 0 Å². The van der Waals surface area contributed by atoms with Gasteiger partial charge in [0.1, 0.15) is 11.9 Å². The van der Waals surface area contributed by atoms with Gasteiger partial charge in [-0.3, -0.25) is 4.79 Å². The van der Waals surface area contributed by atoms with Gasteiger partial charge in [-0.1, -0.05) is 12.8 Å². The van der Waals surface area contributed by atoms with E-state index in [1.165, 1.54) is 6.42 Å². The Bertz CT molecular complexity index is 826. The lowest BCUT2D eigenvalue weighted by atomic mass is 9.67. The quantitative estimate of drug-likeness (QED) is 0.791. The Morgan fingerprint density at radius 2 is 2.23 bits per heavy atom. The van der Waals surface area contributed by atoms with Crippen LogP contribution in [0.4, 0.5) is 5.69 Å². The molecular formula is C20H26N4O2. The Balaban J connectivity index is 1.38. The Kier molecular flexibility index (Phi) is 3.98. The number of aromatic amines is 1. The van der Waals surface area contributed by atoms with Crippen molar-refractivity contribution in [2.24, 2.45) is 11.3 Å². The summed E-state index contributed by atoms with van der Waals surface area (Å²) < 4.78 is 5.72. The SMILES string of the molecule is O=C(Nc1ccc2nc(C3CCCO3)[nH]c2c1)[C@@]12CCCC[C@H]1CNC2. The number of ether oxygens (including phenoxy) is 1. The fraction of sp³-hybridized carbons (Fsp3) is 0.600. The number of rotatable bonds is 3. The van der Waals surface area contributed by atoms with Crippen LogP contribution in [0.15, 0.2) is 18.2 Å². The molecule has 2 aliphatic heterocycles. The number of carbonyl (C=O) groups is 1. The summed E-state index contributed by atoms with van der Waals surface area (Å²) in [4.78, 5) is 21.2. The first-order chi connectivity index (χ1) is 12.7. The Hall–Kier alpha value is -1.92. The van der Waals surface area contributed by atoms with Crippen molar-refractivity contribution in [3.8, 4) is 0 Å². The summed E-state index contributed by atoms with van der Waals surface area (Å²) in [6, 6.07) is 5.93. The van der Waals surface area contributed by atoms with Crippen LogP contribution in [-0.2, 0) is 9.53 Å². The summed E-state index contributed by atoms with van der Waals surface area (Å²) >= 11 is 0. The molecule has 1 amide bonds. The highest BCUT2D eigenvalue weighted by atomic mass is 16.5. The molecule has 3 aliphatic rings. The Labute approximate surface area is 153 Å². The molecule has 5 rings (SSSR count). The van der Waals surface area contributed by atoms with Crippen LogP contribution in [0.1, 0.15) is 50.5 Å². The van der Waals surface area contributed by atoms with E-state index in [2.05, 4.69) is 20.6 Å². The lowest BCUT2D eigenvalue weighted by Gasteiger charge is -2.37. The topological polar surface area (TPSA) is 79.0 Å². The Morgan fingerprint density at radius 1 is 1.27 bits per heavy atom. The molecule has 0 radical (unpaired) electrons. The molecule has 1 unspecified atom stereocenters. The highest BCUT2D eigenvalue weighted by molar-refractivity contribution is 5.97. The van der Waals surface area contributed by atoms with E-state index in [1.807, 2.05) is 18.2 Å². The molecule has 1 aromatic heterocycles. The van der Waals surface area contributed by atoms with E-state index in [1.54, 1.807) is 0 Å². The molecule has 3 N–H and O–H groups in total. The number of imidazole rings is 1. The zero-order chi connectivity index (χ0) is 17.6. The molecule has 26 heavy (non-hydrogen) atoms. The van der Waals surface area contributed by atoms with E-state index in [0.717, 1.165) is 74.3 Å². The fourth-order valence-corrected chi connectivity index (χ4v) is 5.00. The highest BCUT2D eigenvalue weighted by Crippen LogP contribution is 2.44. The molecule has 3 atom stereocenters. The van der Waals surface area contributed by atoms with Crippen molar-refractivity contribution in [3.63, 3.8) is 0 Å². The number of hydrogen-bond donors (Lipinski definition) is 3. The second-order valence-electron chi connectivity index (χ2n) is 8.04. The fourth-order valence-electron chi connectivity index (χ4n) is 5.00. The van der Waals surface area contributed by atoms with Crippen LogP contribution < -0.4 is 10.6 Å². The molecule has 0 spiro atoms. The molecule has 1 saturated carbocycles. The number of nitrogens with one attached hydrogen (secondary N) is 3. The number of benzene rings is 1. The zero-order valence-corrected chi connectivity index (χ0v) is 15.0. The Morgan fingerprint density at radius 3 is 3.12 bits per heavy atom. The van der Waals surface area contributed by atoms with Crippen LogP contribution in [0.5, 0.6) is 0 Å². The van der Waals surface area contributed by atoms with Gasteiger partial charge in [0.05, 0.1) is 16.4 Å². The van der Waals surface area contributed by atoms with Gasteiger partial charge in [0.15, 0.2) is 0 Å². The van der Waals surface area contributed by atoms with Gasteiger partial charge in [0.2, 0.25) is 5.91 Å². The number of aromatic nitrogens is 2. The summed E-state index contributed by atoms with van der Waals surface area (Å²) in [6.07, 6.45) is 6.72. The number of carbonyl (C=O) groups excluding carboxylic acids is 1. The van der Waals surface area contributed by atoms with Gasteiger partial charge >= 0.3 is 0 Å². The van der Waals surface area contributed by atoms with E-state index < -0.39 is 0 Å². The van der Waals surface area contributed by atoms with Crippen molar-refractivity contribution in [2.75, 3.05) is 25.0 Å². The molecule has 3 heterocycles. The summed E-state index contributed by atoms with van der Waals surface area (Å²) in [5.41, 5.74) is 2.49. The van der Waals surface area contributed by atoms with Crippen LogP contribution in [0, 0.1) is 11.3 Å². The normalized spacial score (nSPS) is 31.2. The lowest BCUT2D eigenvalue weighted by molar-refractivity contribution is -0.128. The molecular weight excluding hydrogens is 328 g/mol. The maximum atomic E-state index is 13.1. The van der Waals surface area contributed by atoms with Crippen molar-refractivity contribution >= 4 is 22.6 Å². The van der Waals surface area contributed by atoms with Gasteiger partial charge in [0.25, 0.3) is 0 Å². The first kappa shape index (κ1) is 16.3. The standard InChI is InChI=1S/C20H26N4O2/c25-19(20-8-2-1-4-13(20)11-21-12-20)22-14-6-7-15-16(10-14)24-18(23-15)17-5-3-9-26-17/h6-7,10,13,17,21H,1-5,8-9,11-12H2,(H,22,25)(H,23,24)/t13-,17?,20+/m0/s1. The summed E-state index contributed by atoms with van der Waals surface area (Å²) in [7, 11) is 0. The second kappa shape index (κ2) is 6.35. The van der Waals surface area contributed by atoms with Gasteiger partial charge in [-0.25, -0.2) is 4.98 Å². The third kappa shape index (κ3) is 2.63. The second-order valence-corrected chi connectivity index (χ2v) is 8.04. The monoisotopic (exact) mass is 354 g/mol. The number of hydrogen-bond acceptors (Lipinski definition) is 4. The van der Waals surface area contributed by atoms with Crippen LogP contribution in [0.3, 0.4) is 0 Å². The van der Waals surface area contributed by atoms with E-state index in [0.29, 0.717) is 5.92 Å². The predicted molar refractivity (Wildman–Crippen MR) is 99.9 cm³/mol. The number of amides is 1. The van der Waals surface area contributed by atoms with Crippen LogP contribution >= 0.6 is 0 Å². The predicted octanol–water partition coefficient (Wildman–Crippen LogP) is 3.13. The van der Waals surface area contributed by atoms with Gasteiger partial charge in [-0.2, -0.15) is 0 Å².